The Balaban J connectivity index is 1.67. The summed E-state index contributed by atoms with van der Waals surface area (Å²) in [6.45, 7) is 0. The number of rotatable bonds is 4. The molecule has 5 aromatic rings. The highest BCUT2D eigenvalue weighted by Crippen LogP contribution is 2.37. The molecule has 0 amide bonds. The first-order valence-electron chi connectivity index (χ1n) is 10.2. The number of ether oxygens (including phenoxy) is 1. The molecule has 0 saturated carbocycles. The van der Waals surface area contributed by atoms with Gasteiger partial charge in [-0.3, -0.25) is 9.36 Å². The summed E-state index contributed by atoms with van der Waals surface area (Å²) in [5.74, 6) is 0.401. The number of para-hydroxylation sites is 1. The molecule has 2 N–H and O–H groups in total. The summed E-state index contributed by atoms with van der Waals surface area (Å²) in [7, 11) is 1.49. The third-order valence-electron chi connectivity index (χ3n) is 5.55. The molecule has 0 fully saturated rings. The average molecular weight is 494 g/mol. The lowest BCUT2D eigenvalue weighted by atomic mass is 10.0. The first kappa shape index (κ1) is 21.9. The van der Waals surface area contributed by atoms with Crippen LogP contribution >= 0.6 is 23.2 Å². The van der Waals surface area contributed by atoms with Crippen molar-refractivity contribution < 1.29 is 9.84 Å². The van der Waals surface area contributed by atoms with E-state index in [4.69, 9.17) is 27.9 Å². The number of hydrogen-bond donors (Lipinski definition) is 2. The highest BCUT2D eigenvalue weighted by Gasteiger charge is 2.18. The topological polar surface area (TPSA) is 89.2 Å². The fourth-order valence-electron chi connectivity index (χ4n) is 3.94. The molecule has 0 aliphatic heterocycles. The maximum Gasteiger partial charge on any atom is 0.333 e. The molecular weight excluding hydrogens is 477 g/mol. The largest absolute Gasteiger partial charge is 0.504 e. The fourth-order valence-corrected chi connectivity index (χ4v) is 4.36. The number of hydrogen-bond acceptors (Lipinski definition) is 4. The van der Waals surface area contributed by atoms with Gasteiger partial charge in [0.15, 0.2) is 11.5 Å². The van der Waals surface area contributed by atoms with E-state index in [0.29, 0.717) is 33.2 Å². The molecule has 0 aliphatic carbocycles. The minimum atomic E-state index is -0.586. The van der Waals surface area contributed by atoms with Gasteiger partial charge in [-0.25, -0.2) is 9.36 Å². The molecule has 9 heteroatoms. The van der Waals surface area contributed by atoms with Crippen LogP contribution < -0.4 is 16.0 Å². The number of nitrogens with one attached hydrogen (secondary N) is 1. The second kappa shape index (κ2) is 8.44. The second-order valence-electron chi connectivity index (χ2n) is 7.52. The van der Waals surface area contributed by atoms with E-state index in [-0.39, 0.29) is 16.4 Å². The van der Waals surface area contributed by atoms with E-state index in [1.54, 1.807) is 71.3 Å². The molecule has 0 bridgehead atoms. The number of methoxy groups -OCH3 is 1. The van der Waals surface area contributed by atoms with Crippen LogP contribution in [0, 0.1) is 0 Å². The number of phenols is 1. The zero-order valence-electron chi connectivity index (χ0n) is 17.8. The first-order chi connectivity index (χ1) is 16.4. The van der Waals surface area contributed by atoms with Gasteiger partial charge in [0, 0.05) is 16.3 Å². The Kier molecular flexibility index (Phi) is 5.43. The van der Waals surface area contributed by atoms with Crippen LogP contribution in [-0.4, -0.2) is 26.3 Å². The van der Waals surface area contributed by atoms with Crippen LogP contribution in [0.3, 0.4) is 0 Å². The van der Waals surface area contributed by atoms with Crippen molar-refractivity contribution in [3.63, 3.8) is 0 Å². The number of nitrogens with zero attached hydrogens (tertiary/aromatic N) is 2. The number of aromatic hydroxyl groups is 1. The van der Waals surface area contributed by atoms with Gasteiger partial charge in [-0.15, -0.1) is 0 Å². The Morgan fingerprint density at radius 2 is 1.53 bits per heavy atom. The normalized spacial score (nSPS) is 11.1. The molecule has 0 radical (unpaired) electrons. The predicted octanol–water partition coefficient (Wildman–Crippen LogP) is 5.16. The summed E-state index contributed by atoms with van der Waals surface area (Å²) in [6, 6.07) is 20.3. The highest BCUT2D eigenvalue weighted by atomic mass is 35.5. The molecule has 0 atom stereocenters. The monoisotopic (exact) mass is 493 g/mol. The van der Waals surface area contributed by atoms with Crippen molar-refractivity contribution in [2.24, 2.45) is 0 Å². The van der Waals surface area contributed by atoms with Gasteiger partial charge in [-0.2, -0.15) is 0 Å². The number of fused-ring (bicyclic) bond motifs is 1. The molecule has 0 unspecified atom stereocenters. The van der Waals surface area contributed by atoms with Gasteiger partial charge in [0.1, 0.15) is 10.7 Å². The molecule has 3 aromatic carbocycles. The zero-order valence-corrected chi connectivity index (χ0v) is 19.3. The smallest absolute Gasteiger partial charge is 0.333 e. The molecule has 2 aromatic heterocycles. The van der Waals surface area contributed by atoms with Crippen molar-refractivity contribution >= 4 is 34.2 Å². The lowest BCUT2D eigenvalue weighted by Gasteiger charge is -2.12. The van der Waals surface area contributed by atoms with Gasteiger partial charge in [0.25, 0.3) is 5.56 Å². The second-order valence-corrected chi connectivity index (χ2v) is 8.34. The molecule has 5 rings (SSSR count). The number of halogens is 2. The van der Waals surface area contributed by atoms with Crippen LogP contribution in [0.1, 0.15) is 0 Å². The predicted molar refractivity (Wildman–Crippen MR) is 133 cm³/mol. The van der Waals surface area contributed by atoms with Gasteiger partial charge < -0.3 is 14.8 Å². The quantitative estimate of drug-likeness (QED) is 0.361. The number of H-pyrrole nitrogens is 1. The Morgan fingerprint density at radius 3 is 2.21 bits per heavy atom. The van der Waals surface area contributed by atoms with E-state index >= 15 is 0 Å². The van der Waals surface area contributed by atoms with E-state index in [9.17, 15) is 14.7 Å². The molecule has 7 nitrogen and oxygen atoms in total. The van der Waals surface area contributed by atoms with E-state index in [0.717, 1.165) is 10.1 Å². The molecule has 0 spiro atoms. The Hall–Kier alpha value is -3.94. The van der Waals surface area contributed by atoms with Crippen LogP contribution in [0.5, 0.6) is 11.5 Å². The van der Waals surface area contributed by atoms with Crippen LogP contribution in [0.4, 0.5) is 0 Å². The third kappa shape index (κ3) is 3.55. The number of benzene rings is 3. The number of phenolic OH excluding ortho intramolecular Hbond substituents is 1. The van der Waals surface area contributed by atoms with Gasteiger partial charge in [-0.05, 0) is 54.1 Å². The maximum atomic E-state index is 13.4. The minimum Gasteiger partial charge on any atom is -0.504 e. The van der Waals surface area contributed by atoms with E-state index in [1.165, 1.54) is 13.2 Å². The van der Waals surface area contributed by atoms with Gasteiger partial charge in [0.05, 0.1) is 18.3 Å². The third-order valence-corrected chi connectivity index (χ3v) is 6.08. The van der Waals surface area contributed by atoms with Gasteiger partial charge >= 0.3 is 5.69 Å². The minimum absolute atomic E-state index is 0.0330. The number of aromatic amines is 1. The van der Waals surface area contributed by atoms with Crippen molar-refractivity contribution in [2.75, 3.05) is 7.11 Å². The van der Waals surface area contributed by atoms with Crippen molar-refractivity contribution in [3.8, 4) is 34.0 Å². The molecule has 0 saturated heterocycles. The molecule has 0 aliphatic rings. The Morgan fingerprint density at radius 1 is 0.882 bits per heavy atom. The Bertz CT molecular complexity index is 1650. The van der Waals surface area contributed by atoms with E-state index in [1.807, 2.05) is 0 Å². The van der Waals surface area contributed by atoms with Gasteiger partial charge in [-0.1, -0.05) is 47.5 Å². The fraction of sp³-hybridized carbons (Fsp3) is 0.0400. The summed E-state index contributed by atoms with van der Waals surface area (Å²) in [5.41, 5.74) is 1.77. The summed E-state index contributed by atoms with van der Waals surface area (Å²) in [4.78, 5) is 28.8. The first-order valence-corrected chi connectivity index (χ1v) is 10.9. The van der Waals surface area contributed by atoms with Crippen molar-refractivity contribution in [3.05, 3.63) is 104 Å². The SMILES string of the molecule is COc1cccc(-c2ccc(-n3c(Cl)cc4[nH]c(=O)n(-c5ccc(Cl)cc5)c(=O)c43)cc2)c1O. The van der Waals surface area contributed by atoms with E-state index < -0.39 is 11.2 Å². The Labute approximate surface area is 203 Å². The van der Waals surface area contributed by atoms with Crippen LogP contribution in [0.15, 0.2) is 82.4 Å². The summed E-state index contributed by atoms with van der Waals surface area (Å²) in [6.07, 6.45) is 0. The van der Waals surface area contributed by atoms with Crippen LogP contribution in [0.25, 0.3) is 33.5 Å². The van der Waals surface area contributed by atoms with Crippen molar-refractivity contribution in [1.82, 2.24) is 14.1 Å². The zero-order chi connectivity index (χ0) is 24.0. The van der Waals surface area contributed by atoms with Crippen LogP contribution in [0.2, 0.25) is 10.2 Å². The maximum absolute atomic E-state index is 13.4. The van der Waals surface area contributed by atoms with E-state index in [2.05, 4.69) is 4.98 Å². The highest BCUT2D eigenvalue weighted by molar-refractivity contribution is 6.31. The number of aromatic nitrogens is 3. The lowest BCUT2D eigenvalue weighted by molar-refractivity contribution is 0.374. The van der Waals surface area contributed by atoms with Crippen molar-refractivity contribution in [2.45, 2.75) is 0 Å². The molecule has 2 heterocycles. The molecule has 34 heavy (non-hydrogen) atoms. The average Bonchev–Trinajstić information content (AvgIpc) is 3.16. The molecule has 170 valence electrons. The lowest BCUT2D eigenvalue weighted by Crippen LogP contribution is -2.34. The summed E-state index contributed by atoms with van der Waals surface area (Å²) >= 11 is 12.4. The summed E-state index contributed by atoms with van der Waals surface area (Å²) < 4.78 is 7.79. The summed E-state index contributed by atoms with van der Waals surface area (Å²) in [5, 5.41) is 11.2. The molecular formula is C25H17Cl2N3O4. The van der Waals surface area contributed by atoms with Crippen LogP contribution in [-0.2, 0) is 0 Å². The van der Waals surface area contributed by atoms with Gasteiger partial charge in [0.2, 0.25) is 0 Å². The van der Waals surface area contributed by atoms with Crippen molar-refractivity contribution in [1.29, 1.82) is 0 Å². The standard InChI is InChI=1S/C25H17Cl2N3O4/c1-34-20-4-2-3-18(23(20)31)14-5-9-16(10-6-14)29-21(27)13-19-22(29)24(32)30(25(33)28-19)17-11-7-15(26)8-12-17/h2-13,31H,1H3,(H,28,33).